The maximum atomic E-state index is 6.02. The van der Waals surface area contributed by atoms with E-state index in [0.29, 0.717) is 6.61 Å². The first kappa shape index (κ1) is 19.8. The lowest BCUT2D eigenvalue weighted by molar-refractivity contribution is 0.282. The first-order valence-electron chi connectivity index (χ1n) is 8.89. The highest BCUT2D eigenvalue weighted by Crippen LogP contribution is 2.37. The summed E-state index contributed by atoms with van der Waals surface area (Å²) in [5, 5.41) is 3.48. The smallest absolute Gasteiger partial charge is 0.175 e. The van der Waals surface area contributed by atoms with Crippen molar-refractivity contribution in [2.45, 2.75) is 46.3 Å². The molecule has 136 valence electrons. The Balaban J connectivity index is 2.00. The summed E-state index contributed by atoms with van der Waals surface area (Å²) >= 11 is 3.63. The molecule has 0 fully saturated rings. The molecule has 4 heteroatoms. The third-order valence-electron chi connectivity index (χ3n) is 4.04. The van der Waals surface area contributed by atoms with Gasteiger partial charge in [0.1, 0.15) is 6.61 Å². The lowest BCUT2D eigenvalue weighted by Gasteiger charge is -2.15. The van der Waals surface area contributed by atoms with Crippen LogP contribution < -0.4 is 14.8 Å². The Morgan fingerprint density at radius 2 is 1.92 bits per heavy atom. The van der Waals surface area contributed by atoms with Gasteiger partial charge in [0.05, 0.1) is 11.6 Å². The highest BCUT2D eigenvalue weighted by molar-refractivity contribution is 9.10. The van der Waals surface area contributed by atoms with Gasteiger partial charge in [0, 0.05) is 6.54 Å². The Labute approximate surface area is 159 Å². The van der Waals surface area contributed by atoms with Gasteiger partial charge in [0.25, 0.3) is 0 Å². The van der Waals surface area contributed by atoms with Gasteiger partial charge in [-0.25, -0.2) is 0 Å². The summed E-state index contributed by atoms with van der Waals surface area (Å²) in [6.45, 7) is 6.70. The molecule has 0 aromatic heterocycles. The first-order valence-corrected chi connectivity index (χ1v) is 9.68. The van der Waals surface area contributed by atoms with E-state index in [1.807, 2.05) is 12.1 Å². The average Bonchev–Trinajstić information content (AvgIpc) is 2.60. The fourth-order valence-corrected chi connectivity index (χ4v) is 3.31. The van der Waals surface area contributed by atoms with E-state index in [-0.39, 0.29) is 0 Å². The molecule has 0 aliphatic rings. The zero-order chi connectivity index (χ0) is 18.1. The van der Waals surface area contributed by atoms with Crippen molar-refractivity contribution in [3.8, 4) is 11.5 Å². The molecule has 0 atom stereocenters. The van der Waals surface area contributed by atoms with Crippen molar-refractivity contribution in [1.82, 2.24) is 5.32 Å². The Bertz CT molecular complexity index is 673. The molecule has 1 N–H and O–H groups in total. The van der Waals surface area contributed by atoms with Crippen molar-refractivity contribution in [1.29, 1.82) is 0 Å². The predicted molar refractivity (Wildman–Crippen MR) is 107 cm³/mol. The molecule has 0 saturated heterocycles. The number of benzene rings is 2. The lowest BCUT2D eigenvalue weighted by Crippen LogP contribution is -2.14. The summed E-state index contributed by atoms with van der Waals surface area (Å²) in [5.74, 6) is 1.51. The largest absolute Gasteiger partial charge is 0.493 e. The number of methoxy groups -OCH3 is 1. The van der Waals surface area contributed by atoms with Crippen molar-refractivity contribution in [3.05, 3.63) is 57.6 Å². The molecule has 0 amide bonds. The fraction of sp³-hybridized carbons (Fsp3) is 0.429. The summed E-state index contributed by atoms with van der Waals surface area (Å²) in [7, 11) is 1.68. The normalized spacial score (nSPS) is 10.7. The summed E-state index contributed by atoms with van der Waals surface area (Å²) in [4.78, 5) is 0. The number of hydrogen-bond acceptors (Lipinski definition) is 3. The number of unbranched alkanes of at least 4 members (excludes halogenated alkanes) is 2. The Morgan fingerprint density at radius 3 is 2.64 bits per heavy atom. The van der Waals surface area contributed by atoms with Crippen LogP contribution in [-0.4, -0.2) is 13.7 Å². The molecule has 2 aromatic rings. The Kier molecular flexibility index (Phi) is 8.29. The first-order chi connectivity index (χ1) is 12.1. The SMILES string of the molecule is CCCCCNCc1cc(Br)c(OCc2cccc(C)c2)c(OC)c1. The van der Waals surface area contributed by atoms with E-state index in [1.165, 1.54) is 30.4 Å². The minimum absolute atomic E-state index is 0.519. The van der Waals surface area contributed by atoms with Crippen molar-refractivity contribution < 1.29 is 9.47 Å². The maximum Gasteiger partial charge on any atom is 0.175 e. The van der Waals surface area contributed by atoms with Crippen LogP contribution >= 0.6 is 15.9 Å². The van der Waals surface area contributed by atoms with Crippen LogP contribution in [0.25, 0.3) is 0 Å². The average molecular weight is 406 g/mol. The van der Waals surface area contributed by atoms with Gasteiger partial charge in [-0.3, -0.25) is 0 Å². The second kappa shape index (κ2) is 10.5. The van der Waals surface area contributed by atoms with Crippen molar-refractivity contribution >= 4 is 15.9 Å². The molecule has 3 nitrogen and oxygen atoms in total. The summed E-state index contributed by atoms with van der Waals surface area (Å²) in [6, 6.07) is 12.5. The highest BCUT2D eigenvalue weighted by atomic mass is 79.9. The highest BCUT2D eigenvalue weighted by Gasteiger charge is 2.12. The quantitative estimate of drug-likeness (QED) is 0.519. The van der Waals surface area contributed by atoms with Crippen molar-refractivity contribution in [3.63, 3.8) is 0 Å². The van der Waals surface area contributed by atoms with Gasteiger partial charge in [0.2, 0.25) is 0 Å². The van der Waals surface area contributed by atoms with Gasteiger partial charge < -0.3 is 14.8 Å². The molecule has 0 spiro atoms. The number of rotatable bonds is 10. The van der Waals surface area contributed by atoms with Gasteiger partial charge in [-0.2, -0.15) is 0 Å². The number of hydrogen-bond donors (Lipinski definition) is 1. The third kappa shape index (κ3) is 6.37. The number of halogens is 1. The molecular formula is C21H28BrNO2. The van der Waals surface area contributed by atoms with Crippen LogP contribution in [0.15, 0.2) is 40.9 Å². The summed E-state index contributed by atoms with van der Waals surface area (Å²) in [6.07, 6.45) is 3.73. The standard InChI is InChI=1S/C21H28BrNO2/c1-4-5-6-10-23-14-18-12-19(22)21(20(13-18)24-3)25-15-17-9-7-8-16(2)11-17/h7-9,11-13,23H,4-6,10,14-15H2,1-3H3. The molecule has 0 heterocycles. The zero-order valence-corrected chi connectivity index (χ0v) is 17.0. The number of nitrogens with one attached hydrogen (secondary N) is 1. The minimum Gasteiger partial charge on any atom is -0.493 e. The van der Waals surface area contributed by atoms with Crippen molar-refractivity contribution in [2.24, 2.45) is 0 Å². The second-order valence-electron chi connectivity index (χ2n) is 6.27. The number of aryl methyl sites for hydroxylation is 1. The topological polar surface area (TPSA) is 30.5 Å². The van der Waals surface area contributed by atoms with Gasteiger partial charge in [-0.15, -0.1) is 0 Å². The van der Waals surface area contributed by atoms with E-state index in [0.717, 1.165) is 34.6 Å². The van der Waals surface area contributed by atoms with E-state index in [2.05, 4.69) is 59.4 Å². The Hall–Kier alpha value is -1.52. The second-order valence-corrected chi connectivity index (χ2v) is 7.12. The molecule has 0 radical (unpaired) electrons. The van der Waals surface area contributed by atoms with E-state index in [9.17, 15) is 0 Å². The summed E-state index contributed by atoms with van der Waals surface area (Å²) < 4.78 is 12.5. The zero-order valence-electron chi connectivity index (χ0n) is 15.4. The minimum atomic E-state index is 0.519. The lowest BCUT2D eigenvalue weighted by atomic mass is 10.1. The van der Waals surface area contributed by atoms with Gasteiger partial charge in [-0.05, 0) is 59.1 Å². The van der Waals surface area contributed by atoms with E-state index < -0.39 is 0 Å². The Morgan fingerprint density at radius 1 is 1.08 bits per heavy atom. The third-order valence-corrected chi connectivity index (χ3v) is 4.63. The van der Waals surface area contributed by atoms with Crippen LogP contribution in [0, 0.1) is 6.92 Å². The van der Waals surface area contributed by atoms with E-state index in [4.69, 9.17) is 9.47 Å². The van der Waals surface area contributed by atoms with Crippen LogP contribution in [0.1, 0.15) is 42.9 Å². The molecule has 0 bridgehead atoms. The molecule has 0 unspecified atom stereocenters. The number of ether oxygens (including phenoxy) is 2. The molecule has 2 rings (SSSR count). The van der Waals surface area contributed by atoms with E-state index >= 15 is 0 Å². The van der Waals surface area contributed by atoms with Gasteiger partial charge in [0.15, 0.2) is 11.5 Å². The van der Waals surface area contributed by atoms with Crippen LogP contribution in [0.2, 0.25) is 0 Å². The molecule has 0 aliphatic carbocycles. The van der Waals surface area contributed by atoms with Crippen LogP contribution in [-0.2, 0) is 13.2 Å². The van der Waals surface area contributed by atoms with Crippen LogP contribution in [0.4, 0.5) is 0 Å². The molecule has 25 heavy (non-hydrogen) atoms. The predicted octanol–water partition coefficient (Wildman–Crippen LogP) is 5.62. The van der Waals surface area contributed by atoms with Crippen molar-refractivity contribution in [2.75, 3.05) is 13.7 Å². The monoisotopic (exact) mass is 405 g/mol. The fourth-order valence-electron chi connectivity index (χ4n) is 2.71. The van der Waals surface area contributed by atoms with Crippen LogP contribution in [0.3, 0.4) is 0 Å². The van der Waals surface area contributed by atoms with Gasteiger partial charge >= 0.3 is 0 Å². The van der Waals surface area contributed by atoms with E-state index in [1.54, 1.807) is 7.11 Å². The van der Waals surface area contributed by atoms with Crippen LogP contribution in [0.5, 0.6) is 11.5 Å². The van der Waals surface area contributed by atoms with Gasteiger partial charge in [-0.1, -0.05) is 49.6 Å². The molecule has 0 aliphatic heterocycles. The molecule has 2 aromatic carbocycles. The molecule has 0 saturated carbocycles. The maximum absolute atomic E-state index is 6.02. The summed E-state index contributed by atoms with van der Waals surface area (Å²) in [5.41, 5.74) is 3.57. The molecular weight excluding hydrogens is 378 g/mol.